The second-order valence-corrected chi connectivity index (χ2v) is 9.23. The highest BCUT2D eigenvalue weighted by molar-refractivity contribution is 6.08. The van der Waals surface area contributed by atoms with Gasteiger partial charge in [-0.2, -0.15) is 0 Å². The summed E-state index contributed by atoms with van der Waals surface area (Å²) in [6.07, 6.45) is 7.06. The van der Waals surface area contributed by atoms with Crippen LogP contribution in [0.1, 0.15) is 25.8 Å². The van der Waals surface area contributed by atoms with Crippen molar-refractivity contribution in [2.75, 3.05) is 24.5 Å². The minimum absolute atomic E-state index is 0.154. The van der Waals surface area contributed by atoms with Crippen LogP contribution in [0.4, 0.5) is 5.82 Å². The van der Waals surface area contributed by atoms with Gasteiger partial charge in [-0.05, 0) is 43.7 Å². The van der Waals surface area contributed by atoms with E-state index in [1.807, 2.05) is 12.1 Å². The van der Waals surface area contributed by atoms with Gasteiger partial charge < -0.3 is 15.0 Å². The molecule has 3 fully saturated rings. The minimum Gasteiger partial charge on any atom is -0.372 e. The number of imide groups is 1. The quantitative estimate of drug-likeness (QED) is 0.563. The fourth-order valence-electron chi connectivity index (χ4n) is 5.59. The van der Waals surface area contributed by atoms with Gasteiger partial charge in [-0.25, -0.2) is 4.98 Å². The molecule has 6 atom stereocenters. The van der Waals surface area contributed by atoms with Crippen molar-refractivity contribution < 1.29 is 19.1 Å². The molecule has 8 heteroatoms. The van der Waals surface area contributed by atoms with Crippen molar-refractivity contribution in [1.82, 2.24) is 15.2 Å². The van der Waals surface area contributed by atoms with E-state index in [4.69, 9.17) is 4.74 Å². The van der Waals surface area contributed by atoms with Gasteiger partial charge in [0.15, 0.2) is 0 Å². The molecule has 2 aliphatic carbocycles. The van der Waals surface area contributed by atoms with E-state index in [0.29, 0.717) is 6.54 Å². The summed E-state index contributed by atoms with van der Waals surface area (Å²) in [5.41, 5.74) is 0.865. The first-order valence-electron chi connectivity index (χ1n) is 11.1. The molecular weight excluding hydrogens is 396 g/mol. The Labute approximate surface area is 181 Å². The lowest BCUT2D eigenvalue weighted by Crippen LogP contribution is -2.45. The molecule has 0 unspecified atom stereocenters. The van der Waals surface area contributed by atoms with E-state index in [0.717, 1.165) is 35.8 Å². The summed E-state index contributed by atoms with van der Waals surface area (Å²) in [6, 6.07) is 3.89. The fourth-order valence-corrected chi connectivity index (χ4v) is 5.59. The normalized spacial score (nSPS) is 33.9. The average Bonchev–Trinajstić information content (AvgIpc) is 3.42. The maximum atomic E-state index is 12.7. The van der Waals surface area contributed by atoms with Crippen molar-refractivity contribution in [3.63, 3.8) is 0 Å². The van der Waals surface area contributed by atoms with Gasteiger partial charge in [0.1, 0.15) is 12.4 Å². The molecule has 1 saturated carbocycles. The highest BCUT2D eigenvalue weighted by atomic mass is 16.5. The van der Waals surface area contributed by atoms with Crippen LogP contribution in [0.5, 0.6) is 0 Å². The van der Waals surface area contributed by atoms with Gasteiger partial charge in [0.05, 0.1) is 24.0 Å². The maximum Gasteiger partial charge on any atom is 0.240 e. The van der Waals surface area contributed by atoms with Crippen molar-refractivity contribution >= 4 is 23.5 Å². The third kappa shape index (κ3) is 3.63. The summed E-state index contributed by atoms with van der Waals surface area (Å²) in [7, 11) is 0. The van der Waals surface area contributed by atoms with Crippen LogP contribution in [0.3, 0.4) is 0 Å². The Morgan fingerprint density at radius 3 is 2.32 bits per heavy atom. The van der Waals surface area contributed by atoms with Gasteiger partial charge in [-0.3, -0.25) is 19.3 Å². The maximum absolute atomic E-state index is 12.7. The lowest BCUT2D eigenvalue weighted by atomic mass is 9.85. The summed E-state index contributed by atoms with van der Waals surface area (Å²) >= 11 is 0. The van der Waals surface area contributed by atoms with E-state index < -0.39 is 0 Å². The molecule has 0 radical (unpaired) electrons. The first-order chi connectivity index (χ1) is 14.9. The molecule has 3 amide bonds. The molecule has 0 aromatic carbocycles. The van der Waals surface area contributed by atoms with Crippen LogP contribution in [0.25, 0.3) is 0 Å². The zero-order valence-corrected chi connectivity index (χ0v) is 17.9. The molecule has 1 N–H and O–H groups in total. The molecular formula is C23H28N4O4. The molecule has 3 heterocycles. The predicted octanol–water partition coefficient (Wildman–Crippen LogP) is 1.12. The van der Waals surface area contributed by atoms with Crippen LogP contribution in [-0.2, 0) is 25.7 Å². The first-order valence-corrected chi connectivity index (χ1v) is 11.1. The summed E-state index contributed by atoms with van der Waals surface area (Å²) < 4.78 is 5.76. The Morgan fingerprint density at radius 2 is 1.74 bits per heavy atom. The van der Waals surface area contributed by atoms with Gasteiger partial charge in [0.25, 0.3) is 0 Å². The predicted molar refractivity (Wildman–Crippen MR) is 113 cm³/mol. The molecule has 5 rings (SSSR count). The van der Waals surface area contributed by atoms with E-state index in [2.05, 4.69) is 41.2 Å². The number of pyridine rings is 1. The monoisotopic (exact) mass is 424 g/mol. The Morgan fingerprint density at radius 1 is 1.10 bits per heavy atom. The number of carbonyl (C=O) groups is 3. The largest absolute Gasteiger partial charge is 0.372 e. The second kappa shape index (κ2) is 7.75. The Balaban J connectivity index is 1.14. The number of anilines is 1. The summed E-state index contributed by atoms with van der Waals surface area (Å²) in [5.74, 6) is -0.0515. The molecule has 2 bridgehead atoms. The van der Waals surface area contributed by atoms with Crippen LogP contribution < -0.4 is 10.2 Å². The standard InChI is InChI=1S/C23H28N4O4/c1-13-10-26(11-14(2)31-13)18-6-3-15(8-24-18)9-25-19(28)12-27-22(29)20-16-4-5-17(7-16)21(20)23(27)30/h3-6,8,13-14,16-17,20-21H,7,9-12H2,1-2H3,(H,25,28)/t13-,14-,16+,17+,20-,21+/m1/s1. The van der Waals surface area contributed by atoms with Gasteiger partial charge >= 0.3 is 0 Å². The number of nitrogens with one attached hydrogen (secondary N) is 1. The van der Waals surface area contributed by atoms with Gasteiger partial charge in [-0.1, -0.05) is 18.2 Å². The molecule has 4 aliphatic rings. The van der Waals surface area contributed by atoms with E-state index in [9.17, 15) is 14.4 Å². The number of carbonyl (C=O) groups excluding carboxylic acids is 3. The summed E-state index contributed by atoms with van der Waals surface area (Å²) in [6.45, 7) is 5.79. The van der Waals surface area contributed by atoms with Crippen molar-refractivity contribution in [1.29, 1.82) is 0 Å². The molecule has 1 aromatic heterocycles. The van der Waals surface area contributed by atoms with Crippen LogP contribution in [0.15, 0.2) is 30.5 Å². The lowest BCUT2D eigenvalue weighted by molar-refractivity contribution is -0.144. The molecule has 0 spiro atoms. The number of likely N-dealkylation sites (tertiary alicyclic amines) is 1. The Hall–Kier alpha value is -2.74. The molecule has 1 aromatic rings. The lowest BCUT2D eigenvalue weighted by Gasteiger charge is -2.36. The van der Waals surface area contributed by atoms with E-state index in [1.165, 1.54) is 0 Å². The SMILES string of the molecule is C[C@@H]1CN(c2ccc(CNC(=O)CN3C(=O)[C@@H]4[C@H](C3=O)[C@H]3C=C[C@H]4C3)cn2)C[C@@H](C)O1. The number of nitrogens with zero attached hydrogens (tertiary/aromatic N) is 3. The molecule has 31 heavy (non-hydrogen) atoms. The average molecular weight is 425 g/mol. The van der Waals surface area contributed by atoms with Crippen molar-refractivity contribution in [3.8, 4) is 0 Å². The van der Waals surface area contributed by atoms with Crippen LogP contribution in [-0.4, -0.2) is 59.4 Å². The zero-order chi connectivity index (χ0) is 21.7. The number of fused-ring (bicyclic) bond motifs is 5. The molecule has 2 saturated heterocycles. The number of allylic oxidation sites excluding steroid dienone is 2. The van der Waals surface area contributed by atoms with Gasteiger partial charge in [0, 0.05) is 25.8 Å². The topological polar surface area (TPSA) is 91.8 Å². The molecule has 8 nitrogen and oxygen atoms in total. The van der Waals surface area contributed by atoms with Crippen molar-refractivity contribution in [3.05, 3.63) is 36.0 Å². The summed E-state index contributed by atoms with van der Waals surface area (Å²) in [4.78, 5) is 45.7. The second-order valence-electron chi connectivity index (χ2n) is 9.23. The third-order valence-electron chi connectivity index (χ3n) is 6.91. The third-order valence-corrected chi connectivity index (χ3v) is 6.91. The van der Waals surface area contributed by atoms with Crippen LogP contribution in [0.2, 0.25) is 0 Å². The number of morpholine rings is 1. The van der Waals surface area contributed by atoms with Crippen molar-refractivity contribution in [2.24, 2.45) is 23.7 Å². The van der Waals surface area contributed by atoms with E-state index >= 15 is 0 Å². The van der Waals surface area contributed by atoms with Gasteiger partial charge in [0.2, 0.25) is 17.7 Å². The Kier molecular flexibility index (Phi) is 5.04. The smallest absolute Gasteiger partial charge is 0.240 e. The van der Waals surface area contributed by atoms with Crippen LogP contribution >= 0.6 is 0 Å². The number of ether oxygens (including phenoxy) is 1. The molecule has 2 aliphatic heterocycles. The van der Waals surface area contributed by atoms with Gasteiger partial charge in [-0.15, -0.1) is 0 Å². The van der Waals surface area contributed by atoms with E-state index in [1.54, 1.807) is 6.20 Å². The number of aromatic nitrogens is 1. The summed E-state index contributed by atoms with van der Waals surface area (Å²) in [5, 5.41) is 2.81. The van der Waals surface area contributed by atoms with E-state index in [-0.39, 0.29) is 60.1 Å². The highest BCUT2D eigenvalue weighted by Gasteiger charge is 2.59. The number of hydrogen-bond acceptors (Lipinski definition) is 6. The van der Waals surface area contributed by atoms with Crippen LogP contribution in [0, 0.1) is 23.7 Å². The highest BCUT2D eigenvalue weighted by Crippen LogP contribution is 2.52. The molecule has 164 valence electrons. The first kappa shape index (κ1) is 20.2. The van der Waals surface area contributed by atoms with Crippen molar-refractivity contribution in [2.45, 2.75) is 39.0 Å². The number of rotatable bonds is 5. The zero-order valence-electron chi connectivity index (χ0n) is 17.9. The number of amides is 3. The minimum atomic E-state index is -0.332. The number of hydrogen-bond donors (Lipinski definition) is 1. The fraction of sp³-hybridized carbons (Fsp3) is 0.565. The Bertz CT molecular complexity index is 890.